The Bertz CT molecular complexity index is 87.3. The van der Waals surface area contributed by atoms with Crippen molar-refractivity contribution in [2.24, 2.45) is 0 Å². The summed E-state index contributed by atoms with van der Waals surface area (Å²) in [5, 5.41) is 0. The molecule has 0 radical (unpaired) electrons. The van der Waals surface area contributed by atoms with Crippen molar-refractivity contribution in [3.05, 3.63) is 0 Å². The summed E-state index contributed by atoms with van der Waals surface area (Å²) in [5.74, 6) is 0. The second-order valence-electron chi connectivity index (χ2n) is 1.06. The number of halogens is 6. The van der Waals surface area contributed by atoms with Crippen LogP contribution in [0.15, 0.2) is 0 Å². The van der Waals surface area contributed by atoms with E-state index in [1.165, 1.54) is 0 Å². The van der Waals surface area contributed by atoms with Gasteiger partial charge in [-0.2, -0.15) is 9.78 Å². The van der Waals surface area contributed by atoms with Gasteiger partial charge in [-0.1, -0.05) is 69.6 Å². The molecule has 8 heteroatoms. The predicted molar refractivity (Wildman–Crippen MR) is 42.8 cm³/mol. The molecule has 0 aliphatic rings. The third kappa shape index (κ3) is 9.66. The van der Waals surface area contributed by atoms with Crippen molar-refractivity contribution < 1.29 is 9.78 Å². The lowest BCUT2D eigenvalue weighted by Gasteiger charge is -2.14. The van der Waals surface area contributed by atoms with E-state index in [0.717, 1.165) is 0 Å². The topological polar surface area (TPSA) is 18.5 Å². The van der Waals surface area contributed by atoms with Crippen molar-refractivity contribution in [1.29, 1.82) is 0 Å². The fraction of sp³-hybridized carbons (Fsp3) is 1.00. The van der Waals surface area contributed by atoms with Crippen LogP contribution in [0, 0.1) is 0 Å². The number of hydrogen-bond acceptors (Lipinski definition) is 2. The van der Waals surface area contributed by atoms with E-state index < -0.39 is 7.96 Å². The van der Waals surface area contributed by atoms with E-state index in [4.69, 9.17) is 69.6 Å². The molecule has 0 bridgehead atoms. The fourth-order valence-corrected chi connectivity index (χ4v) is 0.283. The molecule has 0 saturated heterocycles. The Morgan fingerprint density at radius 1 is 0.600 bits per heavy atom. The highest BCUT2D eigenvalue weighted by Crippen LogP contribution is 2.34. The molecule has 0 aromatic heterocycles. The lowest BCUT2D eigenvalue weighted by atomic mass is 11.6. The van der Waals surface area contributed by atoms with Gasteiger partial charge in [-0.15, -0.1) is 0 Å². The lowest BCUT2D eigenvalue weighted by molar-refractivity contribution is -0.306. The first-order chi connectivity index (χ1) is 4.21. The van der Waals surface area contributed by atoms with Crippen LogP contribution in [0.4, 0.5) is 0 Å². The van der Waals surface area contributed by atoms with Crippen LogP contribution in [0.1, 0.15) is 0 Å². The molecular formula is C2Cl6O2. The summed E-state index contributed by atoms with van der Waals surface area (Å²) in [6.07, 6.45) is 0. The monoisotopic (exact) mass is 266 g/mol. The summed E-state index contributed by atoms with van der Waals surface area (Å²) in [4.78, 5) is 7.99. The molecule has 0 atom stereocenters. The van der Waals surface area contributed by atoms with Crippen LogP contribution in [-0.2, 0) is 9.78 Å². The van der Waals surface area contributed by atoms with Crippen LogP contribution < -0.4 is 0 Å². The molecule has 0 N–H and O–H groups in total. The van der Waals surface area contributed by atoms with E-state index in [9.17, 15) is 0 Å². The molecule has 0 unspecified atom stereocenters. The molecule has 0 saturated carbocycles. The Balaban J connectivity index is 3.56. The smallest absolute Gasteiger partial charge is 0.175 e. The Morgan fingerprint density at radius 2 is 0.800 bits per heavy atom. The van der Waals surface area contributed by atoms with Gasteiger partial charge in [-0.3, -0.25) is 0 Å². The molecule has 0 amide bonds. The highest BCUT2D eigenvalue weighted by Gasteiger charge is 2.30. The van der Waals surface area contributed by atoms with E-state index in [-0.39, 0.29) is 0 Å². The molecule has 0 aromatic rings. The highest BCUT2D eigenvalue weighted by atomic mass is 35.6. The van der Waals surface area contributed by atoms with Gasteiger partial charge in [0.1, 0.15) is 0 Å². The number of alkyl halides is 6. The first kappa shape index (κ1) is 11.7. The zero-order valence-corrected chi connectivity index (χ0v) is 8.62. The standard InChI is InChI=1S/C2Cl6O2/c3-1(4,5)9-10-2(6,7)8. The van der Waals surface area contributed by atoms with Crippen molar-refractivity contribution in [2.45, 2.75) is 7.96 Å². The molecule has 0 spiro atoms. The zero-order valence-electron chi connectivity index (χ0n) is 4.08. The average molecular weight is 269 g/mol. The van der Waals surface area contributed by atoms with Gasteiger partial charge in [0.05, 0.1) is 0 Å². The first-order valence-corrected chi connectivity index (χ1v) is 3.98. The molecule has 0 heterocycles. The van der Waals surface area contributed by atoms with Gasteiger partial charge in [0.25, 0.3) is 0 Å². The first-order valence-electron chi connectivity index (χ1n) is 1.71. The van der Waals surface area contributed by atoms with Gasteiger partial charge in [0.15, 0.2) is 0 Å². The summed E-state index contributed by atoms with van der Waals surface area (Å²) < 4.78 is -4.10. The van der Waals surface area contributed by atoms with E-state index in [0.29, 0.717) is 0 Å². The van der Waals surface area contributed by atoms with E-state index in [1.807, 2.05) is 0 Å². The van der Waals surface area contributed by atoms with Crippen molar-refractivity contribution in [1.82, 2.24) is 0 Å². The van der Waals surface area contributed by atoms with E-state index >= 15 is 0 Å². The summed E-state index contributed by atoms with van der Waals surface area (Å²) in [7, 11) is 0. The third-order valence-electron chi connectivity index (χ3n) is 0.231. The summed E-state index contributed by atoms with van der Waals surface area (Å²) in [5.41, 5.74) is 0. The minimum absolute atomic E-state index is 2.05. The van der Waals surface area contributed by atoms with Gasteiger partial charge in [0.2, 0.25) is 0 Å². The maximum atomic E-state index is 5.05. The predicted octanol–water partition coefficient (Wildman–Crippen LogP) is 3.59. The molecule has 10 heavy (non-hydrogen) atoms. The van der Waals surface area contributed by atoms with E-state index in [2.05, 4.69) is 9.78 Å². The molecule has 0 aliphatic heterocycles. The average Bonchev–Trinajstić information content (AvgIpc) is 1.57. The normalized spacial score (nSPS) is 13.8. The second kappa shape index (κ2) is 4.06. The zero-order chi connectivity index (χ0) is 8.41. The quantitative estimate of drug-likeness (QED) is 0.411. The van der Waals surface area contributed by atoms with E-state index in [1.54, 1.807) is 0 Å². The van der Waals surface area contributed by atoms with Crippen molar-refractivity contribution in [2.75, 3.05) is 0 Å². The molecular weight excluding hydrogens is 269 g/mol. The summed E-state index contributed by atoms with van der Waals surface area (Å²) >= 11 is 30.3. The Hall–Kier alpha value is 1.66. The molecule has 0 aromatic carbocycles. The van der Waals surface area contributed by atoms with Crippen LogP contribution in [0.2, 0.25) is 0 Å². The van der Waals surface area contributed by atoms with Crippen molar-refractivity contribution in [3.63, 3.8) is 0 Å². The van der Waals surface area contributed by atoms with Gasteiger partial charge < -0.3 is 0 Å². The molecule has 0 fully saturated rings. The highest BCUT2D eigenvalue weighted by molar-refractivity contribution is 6.67. The van der Waals surface area contributed by atoms with Crippen LogP contribution >= 0.6 is 69.6 Å². The third-order valence-corrected chi connectivity index (χ3v) is 0.609. The van der Waals surface area contributed by atoms with Crippen LogP contribution in [0.5, 0.6) is 0 Å². The Morgan fingerprint density at radius 3 is 0.900 bits per heavy atom. The number of hydrogen-bond donors (Lipinski definition) is 0. The minimum atomic E-state index is -2.05. The van der Waals surface area contributed by atoms with Crippen molar-refractivity contribution in [3.8, 4) is 0 Å². The van der Waals surface area contributed by atoms with Crippen LogP contribution in [-0.4, -0.2) is 7.96 Å². The van der Waals surface area contributed by atoms with Gasteiger partial charge in [-0.25, -0.2) is 0 Å². The minimum Gasteiger partial charge on any atom is -0.175 e. The maximum absolute atomic E-state index is 5.05. The van der Waals surface area contributed by atoms with Crippen LogP contribution in [0.25, 0.3) is 0 Å². The molecule has 62 valence electrons. The van der Waals surface area contributed by atoms with Crippen molar-refractivity contribution >= 4 is 69.6 Å². The Labute approximate surface area is 87.1 Å². The van der Waals surface area contributed by atoms with Gasteiger partial charge in [-0.05, 0) is 0 Å². The van der Waals surface area contributed by atoms with Gasteiger partial charge in [0, 0.05) is 0 Å². The largest absolute Gasteiger partial charge is 0.326 e. The molecule has 0 aliphatic carbocycles. The Kier molecular flexibility index (Phi) is 4.73. The fourth-order valence-electron chi connectivity index (χ4n) is 0.0945. The second-order valence-corrected chi connectivity index (χ2v) is 5.41. The van der Waals surface area contributed by atoms with Gasteiger partial charge >= 0.3 is 7.96 Å². The summed E-state index contributed by atoms with van der Waals surface area (Å²) in [6.45, 7) is 0. The summed E-state index contributed by atoms with van der Waals surface area (Å²) in [6, 6.07) is 0. The number of rotatable bonds is 1. The molecule has 0 rings (SSSR count). The SMILES string of the molecule is ClC(Cl)(Cl)OOC(Cl)(Cl)Cl. The molecule has 2 nitrogen and oxygen atoms in total. The lowest BCUT2D eigenvalue weighted by Crippen LogP contribution is -2.17. The van der Waals surface area contributed by atoms with Crippen LogP contribution in [0.3, 0.4) is 0 Å². The maximum Gasteiger partial charge on any atom is 0.326 e.